The molecule has 20 heavy (non-hydrogen) atoms. The number of carboxylic acids is 1. The lowest BCUT2D eigenvalue weighted by Crippen LogP contribution is -2.30. The minimum absolute atomic E-state index is 0.310. The van der Waals surface area contributed by atoms with Gasteiger partial charge in [0.2, 0.25) is 0 Å². The summed E-state index contributed by atoms with van der Waals surface area (Å²) >= 11 is 0. The number of anilines is 1. The van der Waals surface area contributed by atoms with E-state index in [4.69, 9.17) is 5.11 Å². The Bertz CT molecular complexity index is 793. The second kappa shape index (κ2) is 5.14. The summed E-state index contributed by atoms with van der Waals surface area (Å²) in [5.74, 6) is -2.62. The largest absolute Gasteiger partial charge is 0.476 e. The molecule has 1 amide bonds. The lowest BCUT2D eigenvalue weighted by Gasteiger charge is -2.05. The van der Waals surface area contributed by atoms with Gasteiger partial charge < -0.3 is 15.4 Å². The number of aromatic amines is 2. The zero-order valence-corrected chi connectivity index (χ0v) is 9.71. The number of carbonyl (C=O) groups excluding carboxylic acids is 1. The van der Waals surface area contributed by atoms with Crippen LogP contribution in [0, 0.1) is 0 Å². The highest BCUT2D eigenvalue weighted by Gasteiger charge is 2.17. The number of H-pyrrole nitrogens is 2. The standard InChI is InChI=1S/C10H7N5O5/c16-7(4-3-13-10(20)15-8(4)17)14-6-5(9(18)19)11-1-2-12-6/h1-3H,(H,18,19)(H,12,14,16)(H2,13,15,17,20). The molecule has 102 valence electrons. The van der Waals surface area contributed by atoms with E-state index in [0.29, 0.717) is 0 Å². The van der Waals surface area contributed by atoms with Gasteiger partial charge in [-0.15, -0.1) is 0 Å². The summed E-state index contributed by atoms with van der Waals surface area (Å²) in [6.07, 6.45) is 3.23. The van der Waals surface area contributed by atoms with E-state index in [1.54, 1.807) is 0 Å². The van der Waals surface area contributed by atoms with Gasteiger partial charge in [-0.1, -0.05) is 0 Å². The minimum atomic E-state index is -1.39. The Morgan fingerprint density at radius 3 is 2.55 bits per heavy atom. The molecule has 10 heteroatoms. The van der Waals surface area contributed by atoms with Crippen LogP contribution in [0.1, 0.15) is 20.8 Å². The van der Waals surface area contributed by atoms with E-state index in [9.17, 15) is 19.2 Å². The van der Waals surface area contributed by atoms with Gasteiger partial charge in [0.25, 0.3) is 11.5 Å². The van der Waals surface area contributed by atoms with Gasteiger partial charge in [0, 0.05) is 18.6 Å². The third-order valence-corrected chi connectivity index (χ3v) is 2.20. The number of nitrogens with zero attached hydrogens (tertiary/aromatic N) is 2. The molecule has 4 N–H and O–H groups in total. The molecule has 0 spiro atoms. The van der Waals surface area contributed by atoms with Crippen LogP contribution < -0.4 is 16.6 Å². The first-order chi connectivity index (χ1) is 9.49. The monoisotopic (exact) mass is 277 g/mol. The van der Waals surface area contributed by atoms with Crippen molar-refractivity contribution in [2.45, 2.75) is 0 Å². The van der Waals surface area contributed by atoms with E-state index in [2.05, 4.69) is 20.3 Å². The van der Waals surface area contributed by atoms with Crippen molar-refractivity contribution in [2.75, 3.05) is 5.32 Å². The molecule has 10 nitrogen and oxygen atoms in total. The highest BCUT2D eigenvalue weighted by Crippen LogP contribution is 2.08. The summed E-state index contributed by atoms with van der Waals surface area (Å²) in [5, 5.41) is 11.0. The zero-order valence-electron chi connectivity index (χ0n) is 9.71. The van der Waals surface area contributed by atoms with E-state index >= 15 is 0 Å². The Morgan fingerprint density at radius 2 is 1.90 bits per heavy atom. The fraction of sp³-hybridized carbons (Fsp3) is 0. The third-order valence-electron chi connectivity index (χ3n) is 2.20. The zero-order chi connectivity index (χ0) is 14.7. The van der Waals surface area contributed by atoms with Crippen LogP contribution >= 0.6 is 0 Å². The molecule has 0 unspecified atom stereocenters. The maximum atomic E-state index is 11.8. The molecule has 0 saturated carbocycles. The second-order valence-electron chi connectivity index (χ2n) is 3.50. The average Bonchev–Trinajstić information content (AvgIpc) is 2.38. The van der Waals surface area contributed by atoms with E-state index in [-0.39, 0.29) is 5.82 Å². The van der Waals surface area contributed by atoms with Crippen LogP contribution in [0.4, 0.5) is 5.82 Å². The van der Waals surface area contributed by atoms with Gasteiger partial charge in [-0.25, -0.2) is 19.6 Å². The number of aromatic carboxylic acids is 1. The van der Waals surface area contributed by atoms with E-state index in [0.717, 1.165) is 12.4 Å². The predicted molar refractivity (Wildman–Crippen MR) is 64.6 cm³/mol. The van der Waals surface area contributed by atoms with Crippen LogP contribution in [0.2, 0.25) is 0 Å². The Morgan fingerprint density at radius 1 is 1.20 bits per heavy atom. The number of aromatic nitrogens is 4. The average molecular weight is 277 g/mol. The minimum Gasteiger partial charge on any atom is -0.476 e. The van der Waals surface area contributed by atoms with Gasteiger partial charge in [0.05, 0.1) is 0 Å². The van der Waals surface area contributed by atoms with E-state index in [1.807, 2.05) is 4.98 Å². The maximum Gasteiger partial charge on any atom is 0.358 e. The summed E-state index contributed by atoms with van der Waals surface area (Å²) < 4.78 is 0. The molecule has 0 aliphatic carbocycles. The lowest BCUT2D eigenvalue weighted by molar-refractivity contribution is 0.0691. The van der Waals surface area contributed by atoms with Crippen LogP contribution in [0.3, 0.4) is 0 Å². The van der Waals surface area contributed by atoms with Crippen molar-refractivity contribution in [1.29, 1.82) is 0 Å². The number of hydrogen-bond donors (Lipinski definition) is 4. The van der Waals surface area contributed by atoms with Gasteiger partial charge >= 0.3 is 11.7 Å². The molecule has 0 aliphatic heterocycles. The van der Waals surface area contributed by atoms with Crippen molar-refractivity contribution < 1.29 is 14.7 Å². The van der Waals surface area contributed by atoms with Crippen LogP contribution in [0.5, 0.6) is 0 Å². The molecule has 2 heterocycles. The summed E-state index contributed by atoms with van der Waals surface area (Å²) in [7, 11) is 0. The second-order valence-corrected chi connectivity index (χ2v) is 3.50. The molecule has 0 bridgehead atoms. The van der Waals surface area contributed by atoms with Crippen LogP contribution in [-0.2, 0) is 0 Å². The molecule has 0 saturated heterocycles. The van der Waals surface area contributed by atoms with Crippen molar-refractivity contribution in [3.8, 4) is 0 Å². The van der Waals surface area contributed by atoms with Gasteiger partial charge in [0.15, 0.2) is 11.5 Å². The Hall–Kier alpha value is -3.30. The smallest absolute Gasteiger partial charge is 0.358 e. The van der Waals surface area contributed by atoms with Crippen molar-refractivity contribution in [2.24, 2.45) is 0 Å². The molecule has 2 aromatic heterocycles. The van der Waals surface area contributed by atoms with E-state index in [1.165, 1.54) is 6.20 Å². The Labute approximate surface area is 109 Å². The number of hydrogen-bond acceptors (Lipinski definition) is 6. The number of rotatable bonds is 3. The van der Waals surface area contributed by atoms with Gasteiger partial charge in [-0.3, -0.25) is 14.6 Å². The molecule has 2 aromatic rings. The first kappa shape index (κ1) is 13.1. The quantitative estimate of drug-likeness (QED) is 0.548. The fourth-order valence-electron chi connectivity index (χ4n) is 1.34. The van der Waals surface area contributed by atoms with Crippen molar-refractivity contribution in [3.05, 3.63) is 50.7 Å². The number of nitrogens with one attached hydrogen (secondary N) is 3. The Balaban J connectivity index is 2.35. The predicted octanol–water partition coefficient (Wildman–Crippen LogP) is -1.20. The topological polar surface area (TPSA) is 158 Å². The fourth-order valence-corrected chi connectivity index (χ4v) is 1.34. The SMILES string of the molecule is O=C(O)c1nccnc1NC(=O)c1c[nH]c(=O)[nH]c1=O. The summed E-state index contributed by atoms with van der Waals surface area (Å²) in [6, 6.07) is 0. The van der Waals surface area contributed by atoms with Gasteiger partial charge in [-0.2, -0.15) is 0 Å². The number of carboxylic acid groups (broad SMARTS) is 1. The van der Waals surface area contributed by atoms with E-state index < -0.39 is 34.4 Å². The van der Waals surface area contributed by atoms with Crippen molar-refractivity contribution in [1.82, 2.24) is 19.9 Å². The molecular formula is C10H7N5O5. The first-order valence-electron chi connectivity index (χ1n) is 5.16. The molecule has 0 radical (unpaired) electrons. The van der Waals surface area contributed by atoms with Gasteiger partial charge in [-0.05, 0) is 0 Å². The maximum absolute atomic E-state index is 11.8. The van der Waals surface area contributed by atoms with Gasteiger partial charge in [0.1, 0.15) is 5.56 Å². The van der Waals surface area contributed by atoms with Crippen molar-refractivity contribution in [3.63, 3.8) is 0 Å². The third kappa shape index (κ3) is 2.58. The normalized spacial score (nSPS) is 10.0. The first-order valence-corrected chi connectivity index (χ1v) is 5.16. The molecule has 0 fully saturated rings. The number of carbonyl (C=O) groups is 2. The number of amides is 1. The summed E-state index contributed by atoms with van der Waals surface area (Å²) in [4.78, 5) is 56.1. The summed E-state index contributed by atoms with van der Waals surface area (Å²) in [6.45, 7) is 0. The highest BCUT2D eigenvalue weighted by atomic mass is 16.4. The van der Waals surface area contributed by atoms with Crippen LogP contribution in [0.25, 0.3) is 0 Å². The van der Waals surface area contributed by atoms with Crippen LogP contribution in [-0.4, -0.2) is 36.9 Å². The Kier molecular flexibility index (Phi) is 3.37. The summed E-state index contributed by atoms with van der Waals surface area (Å²) in [5.41, 5.74) is -2.54. The molecule has 0 aliphatic rings. The van der Waals surface area contributed by atoms with Crippen molar-refractivity contribution >= 4 is 17.7 Å². The molecular weight excluding hydrogens is 270 g/mol. The molecule has 0 atom stereocenters. The molecule has 0 aromatic carbocycles. The van der Waals surface area contributed by atoms with Crippen LogP contribution in [0.15, 0.2) is 28.2 Å². The lowest BCUT2D eigenvalue weighted by atomic mass is 10.3. The highest BCUT2D eigenvalue weighted by molar-refractivity contribution is 6.05. The molecule has 2 rings (SSSR count).